The van der Waals surface area contributed by atoms with Gasteiger partial charge in [0, 0.05) is 24.3 Å². The van der Waals surface area contributed by atoms with Crippen molar-refractivity contribution in [2.75, 3.05) is 25.1 Å². The summed E-state index contributed by atoms with van der Waals surface area (Å²) in [5.41, 5.74) is 1.32. The maximum absolute atomic E-state index is 13.0. The fourth-order valence-corrected chi connectivity index (χ4v) is 3.62. The third-order valence-electron chi connectivity index (χ3n) is 5.38. The molecule has 0 aromatic heterocycles. The summed E-state index contributed by atoms with van der Waals surface area (Å²) in [4.78, 5) is 29.3. The van der Waals surface area contributed by atoms with Crippen molar-refractivity contribution >= 4 is 17.5 Å². The third kappa shape index (κ3) is 4.38. The second-order valence-corrected chi connectivity index (χ2v) is 7.30. The summed E-state index contributed by atoms with van der Waals surface area (Å²) in [6, 6.07) is 23.3. The number of anilines is 1. The van der Waals surface area contributed by atoms with Crippen molar-refractivity contribution in [1.82, 2.24) is 4.90 Å². The first kappa shape index (κ1) is 20.5. The van der Waals surface area contributed by atoms with Gasteiger partial charge in [0.15, 0.2) is 0 Å². The number of ether oxygens (including phenoxy) is 2. The number of hydrogen-bond donors (Lipinski definition) is 0. The van der Waals surface area contributed by atoms with E-state index >= 15 is 0 Å². The van der Waals surface area contributed by atoms with Crippen molar-refractivity contribution in [3.05, 3.63) is 84.4 Å². The van der Waals surface area contributed by atoms with Crippen LogP contribution in [0.5, 0.6) is 17.2 Å². The van der Waals surface area contributed by atoms with Crippen LogP contribution in [0.25, 0.3) is 0 Å². The molecule has 0 aliphatic carbocycles. The molecule has 1 heterocycles. The Bertz CT molecular complexity index is 1050. The average Bonchev–Trinajstić information content (AvgIpc) is 2.82. The van der Waals surface area contributed by atoms with Gasteiger partial charge >= 0.3 is 0 Å². The largest absolute Gasteiger partial charge is 0.497 e. The number of carbonyl (C=O) groups excluding carboxylic acids is 2. The van der Waals surface area contributed by atoms with Gasteiger partial charge in [-0.15, -0.1) is 0 Å². The number of amides is 2. The first-order chi connectivity index (χ1) is 15.1. The molecule has 0 bridgehead atoms. The van der Waals surface area contributed by atoms with E-state index in [4.69, 9.17) is 9.47 Å². The highest BCUT2D eigenvalue weighted by atomic mass is 16.5. The van der Waals surface area contributed by atoms with E-state index in [0.717, 1.165) is 11.4 Å². The molecule has 0 spiro atoms. The summed E-state index contributed by atoms with van der Waals surface area (Å²) in [6.07, 6.45) is 0. The van der Waals surface area contributed by atoms with E-state index in [-0.39, 0.29) is 11.8 Å². The number of hydrogen-bond acceptors (Lipinski definition) is 4. The standard InChI is InChI=1S/C25H24N2O4/c1-18-24(28)27(17-16-26(18)25(29)19-8-12-21(30-2)13-9-19)20-10-14-23(15-11-20)31-22-6-4-3-5-7-22/h3-15,18H,16-17H2,1-2H3. The lowest BCUT2D eigenvalue weighted by molar-refractivity contribution is -0.124. The molecule has 1 aliphatic heterocycles. The first-order valence-corrected chi connectivity index (χ1v) is 10.2. The summed E-state index contributed by atoms with van der Waals surface area (Å²) in [6.45, 7) is 2.66. The van der Waals surface area contributed by atoms with E-state index in [1.165, 1.54) is 0 Å². The lowest BCUT2D eigenvalue weighted by Gasteiger charge is -2.39. The fourth-order valence-electron chi connectivity index (χ4n) is 3.62. The van der Waals surface area contributed by atoms with Crippen molar-refractivity contribution in [3.8, 4) is 17.2 Å². The molecular formula is C25H24N2O4. The van der Waals surface area contributed by atoms with E-state index in [0.29, 0.717) is 30.2 Å². The molecule has 3 aromatic carbocycles. The minimum Gasteiger partial charge on any atom is -0.497 e. The molecular weight excluding hydrogens is 392 g/mol. The Balaban J connectivity index is 1.44. The van der Waals surface area contributed by atoms with Crippen LogP contribution in [0.15, 0.2) is 78.9 Å². The van der Waals surface area contributed by atoms with E-state index in [9.17, 15) is 9.59 Å². The monoisotopic (exact) mass is 416 g/mol. The average molecular weight is 416 g/mol. The predicted molar refractivity (Wildman–Crippen MR) is 119 cm³/mol. The minimum absolute atomic E-state index is 0.107. The first-order valence-electron chi connectivity index (χ1n) is 10.2. The Morgan fingerprint density at radius 1 is 0.839 bits per heavy atom. The van der Waals surface area contributed by atoms with Gasteiger partial charge in [-0.1, -0.05) is 18.2 Å². The molecule has 3 aromatic rings. The van der Waals surface area contributed by atoms with Gasteiger partial charge in [0.2, 0.25) is 5.91 Å². The molecule has 0 N–H and O–H groups in total. The number of methoxy groups -OCH3 is 1. The fraction of sp³-hybridized carbons (Fsp3) is 0.200. The Labute approximate surface area is 181 Å². The van der Waals surface area contributed by atoms with Gasteiger partial charge in [-0.05, 0) is 67.6 Å². The maximum atomic E-state index is 13.0. The smallest absolute Gasteiger partial charge is 0.254 e. The molecule has 1 saturated heterocycles. The topological polar surface area (TPSA) is 59.1 Å². The number of rotatable bonds is 5. The van der Waals surface area contributed by atoms with E-state index in [1.807, 2.05) is 54.6 Å². The quantitative estimate of drug-likeness (QED) is 0.620. The number of benzene rings is 3. The highest BCUT2D eigenvalue weighted by Gasteiger charge is 2.35. The highest BCUT2D eigenvalue weighted by Crippen LogP contribution is 2.27. The maximum Gasteiger partial charge on any atom is 0.254 e. The van der Waals surface area contributed by atoms with Gasteiger partial charge in [-0.25, -0.2) is 0 Å². The minimum atomic E-state index is -0.552. The lowest BCUT2D eigenvalue weighted by atomic mass is 10.1. The lowest BCUT2D eigenvalue weighted by Crippen LogP contribution is -2.57. The molecule has 1 aliphatic rings. The van der Waals surface area contributed by atoms with Crippen LogP contribution in [-0.4, -0.2) is 43.0 Å². The second-order valence-electron chi connectivity index (χ2n) is 7.30. The van der Waals surface area contributed by atoms with Crippen LogP contribution in [0.4, 0.5) is 5.69 Å². The molecule has 1 unspecified atom stereocenters. The molecule has 4 rings (SSSR count). The van der Waals surface area contributed by atoms with Gasteiger partial charge in [0.1, 0.15) is 23.3 Å². The molecule has 6 nitrogen and oxygen atoms in total. The van der Waals surface area contributed by atoms with Crippen molar-refractivity contribution in [3.63, 3.8) is 0 Å². The predicted octanol–water partition coefficient (Wildman–Crippen LogP) is 4.37. The van der Waals surface area contributed by atoms with Crippen LogP contribution in [0.1, 0.15) is 17.3 Å². The van der Waals surface area contributed by atoms with E-state index < -0.39 is 6.04 Å². The van der Waals surface area contributed by atoms with Gasteiger partial charge in [0.05, 0.1) is 7.11 Å². The Hall–Kier alpha value is -3.80. The summed E-state index contributed by atoms with van der Waals surface area (Å²) in [5.74, 6) is 1.87. The Kier molecular flexibility index (Phi) is 5.89. The van der Waals surface area contributed by atoms with E-state index in [2.05, 4.69) is 0 Å². The van der Waals surface area contributed by atoms with Crippen LogP contribution in [0.3, 0.4) is 0 Å². The molecule has 158 valence electrons. The third-order valence-corrected chi connectivity index (χ3v) is 5.38. The van der Waals surface area contributed by atoms with E-state index in [1.54, 1.807) is 48.1 Å². The van der Waals surface area contributed by atoms with Gasteiger partial charge in [0.25, 0.3) is 5.91 Å². The molecule has 2 amide bonds. The zero-order valence-corrected chi connectivity index (χ0v) is 17.5. The van der Waals surface area contributed by atoms with Gasteiger partial charge < -0.3 is 19.3 Å². The number of carbonyl (C=O) groups is 2. The number of piperazine rings is 1. The molecule has 0 saturated carbocycles. The van der Waals surface area contributed by atoms with Crippen molar-refractivity contribution in [1.29, 1.82) is 0 Å². The highest BCUT2D eigenvalue weighted by molar-refractivity contribution is 6.03. The van der Waals surface area contributed by atoms with Crippen molar-refractivity contribution < 1.29 is 19.1 Å². The van der Waals surface area contributed by atoms with Crippen molar-refractivity contribution in [2.24, 2.45) is 0 Å². The van der Waals surface area contributed by atoms with Crippen molar-refractivity contribution in [2.45, 2.75) is 13.0 Å². The normalized spacial score (nSPS) is 16.2. The molecule has 1 atom stereocenters. The summed E-state index contributed by atoms with van der Waals surface area (Å²) >= 11 is 0. The SMILES string of the molecule is COc1ccc(C(=O)N2CCN(c3ccc(Oc4ccccc4)cc3)C(=O)C2C)cc1. The number of para-hydroxylation sites is 1. The van der Waals surface area contributed by atoms with Crippen LogP contribution in [0, 0.1) is 0 Å². The van der Waals surface area contributed by atoms with Crippen LogP contribution in [0.2, 0.25) is 0 Å². The molecule has 1 fully saturated rings. The second kappa shape index (κ2) is 8.92. The van der Waals surface area contributed by atoms with Crippen LogP contribution < -0.4 is 14.4 Å². The summed E-state index contributed by atoms with van der Waals surface area (Å²) in [7, 11) is 1.58. The van der Waals surface area contributed by atoms with Gasteiger partial charge in [-0.3, -0.25) is 9.59 Å². The Morgan fingerprint density at radius 2 is 1.45 bits per heavy atom. The molecule has 0 radical (unpaired) electrons. The summed E-state index contributed by atoms with van der Waals surface area (Å²) < 4.78 is 11.0. The Morgan fingerprint density at radius 3 is 2.10 bits per heavy atom. The molecule has 31 heavy (non-hydrogen) atoms. The number of nitrogens with zero attached hydrogens (tertiary/aromatic N) is 2. The summed E-state index contributed by atoms with van der Waals surface area (Å²) in [5, 5.41) is 0. The molecule has 6 heteroatoms. The van der Waals surface area contributed by atoms with Crippen LogP contribution in [-0.2, 0) is 4.79 Å². The zero-order chi connectivity index (χ0) is 21.8. The van der Waals surface area contributed by atoms with Gasteiger partial charge in [-0.2, -0.15) is 0 Å². The zero-order valence-electron chi connectivity index (χ0n) is 17.5. The van der Waals surface area contributed by atoms with Crippen LogP contribution >= 0.6 is 0 Å².